The fourth-order valence-corrected chi connectivity index (χ4v) is 1.02. The first-order valence-corrected chi connectivity index (χ1v) is 4.20. The average molecular weight is 177 g/mol. The van der Waals surface area contributed by atoms with Crippen LogP contribution in [0, 0.1) is 25.7 Å². The molecule has 13 heavy (non-hydrogen) atoms. The smallest absolute Gasteiger partial charge is 0.122 e. The minimum Gasteiger partial charge on any atom is -0.494 e. The van der Waals surface area contributed by atoms with Crippen LogP contribution in [0.1, 0.15) is 18.1 Å². The van der Waals surface area contributed by atoms with Gasteiger partial charge in [-0.15, -0.1) is 0 Å². The predicted octanol–water partition coefficient (Wildman–Crippen LogP) is 2.84. The Balaban J connectivity index is 0.000000671. The summed E-state index contributed by atoms with van der Waals surface area (Å²) in [6.07, 6.45) is 0. The van der Waals surface area contributed by atoms with Crippen LogP contribution in [-0.2, 0) is 0 Å². The Morgan fingerprint density at radius 1 is 1.31 bits per heavy atom. The Morgan fingerprint density at radius 3 is 2.46 bits per heavy atom. The average Bonchev–Trinajstić information content (AvgIpc) is 2.15. The Bertz CT molecular complexity index is 279. The third kappa shape index (κ3) is 3.62. The van der Waals surface area contributed by atoms with E-state index >= 15 is 0 Å². The molecule has 2 nitrogen and oxygen atoms in total. The highest BCUT2D eigenvalue weighted by Gasteiger charge is 1.96. The van der Waals surface area contributed by atoms with Crippen LogP contribution in [0.3, 0.4) is 0 Å². The zero-order valence-corrected chi connectivity index (χ0v) is 8.37. The van der Waals surface area contributed by atoms with Crippen LogP contribution in [0.2, 0.25) is 0 Å². The highest BCUT2D eigenvalue weighted by atomic mass is 16.5. The molecule has 0 fully saturated rings. The quantitative estimate of drug-likeness (QED) is 0.695. The van der Waals surface area contributed by atoms with E-state index in [2.05, 4.69) is 38.6 Å². The molecule has 0 aromatic heterocycles. The van der Waals surface area contributed by atoms with Crippen LogP contribution in [0.15, 0.2) is 18.2 Å². The standard InChI is InChI=1S/C10H14O.CHN/c1-4-11-10-7-8(2)5-6-9(10)3;1-2/h5-7H,4H2,1-3H3;1H. The molecule has 1 aromatic rings. The van der Waals surface area contributed by atoms with Gasteiger partial charge in [-0.3, -0.25) is 0 Å². The van der Waals surface area contributed by atoms with E-state index < -0.39 is 0 Å². The summed E-state index contributed by atoms with van der Waals surface area (Å²) in [5, 5.41) is 6.50. The molecule has 0 saturated heterocycles. The van der Waals surface area contributed by atoms with Crippen LogP contribution >= 0.6 is 0 Å². The van der Waals surface area contributed by atoms with Crippen LogP contribution in [0.25, 0.3) is 0 Å². The van der Waals surface area contributed by atoms with E-state index in [0.29, 0.717) is 0 Å². The van der Waals surface area contributed by atoms with Crippen LogP contribution in [-0.4, -0.2) is 6.61 Å². The van der Waals surface area contributed by atoms with Gasteiger partial charge in [0.2, 0.25) is 0 Å². The molecule has 1 aromatic carbocycles. The van der Waals surface area contributed by atoms with Gasteiger partial charge in [0.1, 0.15) is 5.75 Å². The highest BCUT2D eigenvalue weighted by molar-refractivity contribution is 5.35. The van der Waals surface area contributed by atoms with Gasteiger partial charge >= 0.3 is 0 Å². The van der Waals surface area contributed by atoms with Crippen molar-refractivity contribution >= 4 is 0 Å². The first-order valence-electron chi connectivity index (χ1n) is 4.20. The lowest BCUT2D eigenvalue weighted by Gasteiger charge is -2.06. The molecule has 0 spiro atoms. The van der Waals surface area contributed by atoms with E-state index in [1.807, 2.05) is 6.92 Å². The van der Waals surface area contributed by atoms with Gasteiger partial charge in [-0.2, -0.15) is 0 Å². The topological polar surface area (TPSA) is 33.0 Å². The lowest BCUT2D eigenvalue weighted by atomic mass is 10.1. The van der Waals surface area contributed by atoms with Crippen molar-refractivity contribution in [3.63, 3.8) is 0 Å². The molecule has 1 rings (SSSR count). The van der Waals surface area contributed by atoms with E-state index in [1.165, 1.54) is 11.1 Å². The minimum absolute atomic E-state index is 0.740. The molecule has 0 atom stereocenters. The van der Waals surface area contributed by atoms with E-state index in [9.17, 15) is 0 Å². The third-order valence-electron chi connectivity index (χ3n) is 1.64. The first-order chi connectivity index (χ1) is 6.24. The molecule has 70 valence electrons. The number of hydrogen-bond donors (Lipinski definition) is 0. The van der Waals surface area contributed by atoms with E-state index in [1.54, 1.807) is 0 Å². The van der Waals surface area contributed by atoms with Crippen molar-refractivity contribution in [3.05, 3.63) is 29.3 Å². The van der Waals surface area contributed by atoms with E-state index in [4.69, 9.17) is 10.00 Å². The second-order valence-corrected chi connectivity index (χ2v) is 2.70. The number of rotatable bonds is 2. The summed E-state index contributed by atoms with van der Waals surface area (Å²) in [5.74, 6) is 1.01. The van der Waals surface area contributed by atoms with Crippen molar-refractivity contribution in [3.8, 4) is 12.3 Å². The second kappa shape index (κ2) is 6.07. The van der Waals surface area contributed by atoms with Crippen LogP contribution < -0.4 is 4.74 Å². The molecule has 0 unspecified atom stereocenters. The van der Waals surface area contributed by atoms with Gasteiger partial charge in [-0.05, 0) is 38.0 Å². The fraction of sp³-hybridized carbons (Fsp3) is 0.364. The van der Waals surface area contributed by atoms with Gasteiger partial charge in [0.05, 0.1) is 6.61 Å². The van der Waals surface area contributed by atoms with Crippen molar-refractivity contribution in [2.24, 2.45) is 0 Å². The van der Waals surface area contributed by atoms with Gasteiger partial charge in [-0.25, -0.2) is 5.26 Å². The maximum atomic E-state index is 6.50. The summed E-state index contributed by atoms with van der Waals surface area (Å²) < 4.78 is 5.42. The lowest BCUT2D eigenvalue weighted by Crippen LogP contribution is -1.93. The molecule has 0 N–H and O–H groups in total. The Kier molecular flexibility index (Phi) is 5.38. The van der Waals surface area contributed by atoms with Gasteiger partial charge < -0.3 is 4.74 Å². The second-order valence-electron chi connectivity index (χ2n) is 2.70. The normalized spacial score (nSPS) is 8.38. The molecule has 2 heteroatoms. The number of nitriles is 1. The molecule has 0 radical (unpaired) electrons. The van der Waals surface area contributed by atoms with Crippen molar-refractivity contribution in [2.45, 2.75) is 20.8 Å². The van der Waals surface area contributed by atoms with Crippen molar-refractivity contribution < 1.29 is 4.74 Å². The predicted molar refractivity (Wildman–Crippen MR) is 53.8 cm³/mol. The van der Waals surface area contributed by atoms with E-state index in [0.717, 1.165) is 12.4 Å². The maximum Gasteiger partial charge on any atom is 0.122 e. The van der Waals surface area contributed by atoms with Crippen molar-refractivity contribution in [2.75, 3.05) is 6.61 Å². The van der Waals surface area contributed by atoms with Gasteiger partial charge in [0, 0.05) is 6.57 Å². The molecule has 0 bridgehead atoms. The van der Waals surface area contributed by atoms with Crippen molar-refractivity contribution in [1.29, 1.82) is 5.26 Å². The lowest BCUT2D eigenvalue weighted by molar-refractivity contribution is 0.337. The van der Waals surface area contributed by atoms with Gasteiger partial charge in [-0.1, -0.05) is 12.1 Å². The van der Waals surface area contributed by atoms with Gasteiger partial charge in [0.15, 0.2) is 0 Å². The van der Waals surface area contributed by atoms with Crippen LogP contribution in [0.5, 0.6) is 5.75 Å². The van der Waals surface area contributed by atoms with Crippen LogP contribution in [0.4, 0.5) is 0 Å². The number of nitrogens with zero attached hydrogens (tertiary/aromatic N) is 1. The maximum absolute atomic E-state index is 6.50. The summed E-state index contributed by atoms with van der Waals surface area (Å²) in [6.45, 7) is 10.4. The monoisotopic (exact) mass is 177 g/mol. The molecule has 0 saturated carbocycles. The molecule has 0 aliphatic rings. The number of benzene rings is 1. The molecular formula is C11H15NO. The summed E-state index contributed by atoms with van der Waals surface area (Å²) >= 11 is 0. The summed E-state index contributed by atoms with van der Waals surface area (Å²) in [4.78, 5) is 0. The SMILES string of the molecule is C#N.CCOc1cc(C)ccc1C. The van der Waals surface area contributed by atoms with E-state index in [-0.39, 0.29) is 0 Å². The molecule has 0 aliphatic heterocycles. The fourth-order valence-electron chi connectivity index (χ4n) is 1.02. The Morgan fingerprint density at radius 2 is 1.92 bits per heavy atom. The zero-order valence-electron chi connectivity index (χ0n) is 8.37. The number of aryl methyl sites for hydroxylation is 2. The molecule has 0 heterocycles. The minimum atomic E-state index is 0.740. The number of ether oxygens (including phenoxy) is 1. The summed E-state index contributed by atoms with van der Waals surface area (Å²) in [5.41, 5.74) is 2.46. The summed E-state index contributed by atoms with van der Waals surface area (Å²) in [7, 11) is 0. The Labute approximate surface area is 79.8 Å². The zero-order chi connectivity index (χ0) is 10.3. The Hall–Kier alpha value is -1.49. The molecule has 0 aliphatic carbocycles. The number of hydrogen-bond acceptors (Lipinski definition) is 2. The van der Waals surface area contributed by atoms with Gasteiger partial charge in [0.25, 0.3) is 0 Å². The third-order valence-corrected chi connectivity index (χ3v) is 1.64. The molecule has 0 amide bonds. The summed E-state index contributed by atoms with van der Waals surface area (Å²) in [6, 6.07) is 6.25. The first kappa shape index (κ1) is 11.5. The highest BCUT2D eigenvalue weighted by Crippen LogP contribution is 2.18. The largest absolute Gasteiger partial charge is 0.494 e. The van der Waals surface area contributed by atoms with Crippen molar-refractivity contribution in [1.82, 2.24) is 0 Å². The molecular weight excluding hydrogens is 162 g/mol.